The lowest BCUT2D eigenvalue weighted by atomic mass is 9.66. The van der Waals surface area contributed by atoms with Gasteiger partial charge in [0.05, 0.1) is 11.5 Å². The molecule has 282 valence electrons. The van der Waals surface area contributed by atoms with Gasteiger partial charge in [0.25, 0.3) is 0 Å². The van der Waals surface area contributed by atoms with E-state index in [9.17, 15) is 0 Å². The second kappa shape index (κ2) is 12.5. The summed E-state index contributed by atoms with van der Waals surface area (Å²) in [6, 6.07) is 37.4. The third-order valence-corrected chi connectivity index (χ3v) is 14.6. The molecule has 4 aromatic carbocycles. The minimum Gasteiger partial charge on any atom is -0.338 e. The minimum absolute atomic E-state index is 0.00506. The molecule has 0 N–H and O–H groups in total. The maximum atomic E-state index is 2.74. The van der Waals surface area contributed by atoms with Gasteiger partial charge in [0.2, 0.25) is 0 Å². The van der Waals surface area contributed by atoms with Crippen LogP contribution >= 0.6 is 0 Å². The van der Waals surface area contributed by atoms with Crippen molar-refractivity contribution in [3.8, 4) is 11.1 Å². The first-order valence-corrected chi connectivity index (χ1v) is 21.5. The van der Waals surface area contributed by atoms with Gasteiger partial charge in [-0.25, -0.2) is 0 Å². The highest BCUT2D eigenvalue weighted by molar-refractivity contribution is 5.92. The normalized spacial score (nSPS) is 23.7. The van der Waals surface area contributed by atoms with Crippen LogP contribution in [0.5, 0.6) is 0 Å². The fraction of sp³-hybridized carbons (Fsp3) is 0.286. The molecule has 0 heterocycles. The molecule has 0 aromatic heterocycles. The number of hydrogen-bond donors (Lipinski definition) is 0. The van der Waals surface area contributed by atoms with Crippen molar-refractivity contribution in [2.45, 2.75) is 102 Å². The number of benzene rings is 4. The Kier molecular flexibility index (Phi) is 7.66. The molecule has 11 rings (SSSR count). The van der Waals surface area contributed by atoms with E-state index < -0.39 is 0 Å². The van der Waals surface area contributed by atoms with Crippen LogP contribution in [0.1, 0.15) is 107 Å². The van der Waals surface area contributed by atoms with E-state index in [4.69, 9.17) is 0 Å². The third kappa shape index (κ3) is 5.00. The average molecular weight is 740 g/mol. The van der Waals surface area contributed by atoms with Crippen molar-refractivity contribution in [3.63, 3.8) is 0 Å². The molecular formula is C56H53N. The number of nitrogens with zero attached hydrogens (tertiary/aromatic N) is 1. The molecule has 4 aromatic rings. The number of allylic oxidation sites excluding steroid dienone is 14. The zero-order valence-electron chi connectivity index (χ0n) is 34.3. The van der Waals surface area contributed by atoms with Gasteiger partial charge in [0.1, 0.15) is 0 Å². The lowest BCUT2D eigenvalue weighted by Crippen LogP contribution is -2.38. The molecule has 0 bridgehead atoms. The summed E-state index contributed by atoms with van der Waals surface area (Å²) in [5, 5.41) is 0. The van der Waals surface area contributed by atoms with Crippen LogP contribution in [0.25, 0.3) is 22.3 Å². The SMILES string of the molecule is CC(C)(C)c1ccc(-c2ccc(N(C3=CC4=C(CC3)C3=C(C=CCC3)C43C4=C(CCC=C4)c4ccccc43)C3C=CC4=C(C3)C(C)(C)c3ccccc34)cc2)cc1. The molecule has 1 nitrogen and oxygen atoms in total. The van der Waals surface area contributed by atoms with Crippen molar-refractivity contribution in [2.75, 3.05) is 4.90 Å². The van der Waals surface area contributed by atoms with Crippen LogP contribution in [0.15, 0.2) is 179 Å². The minimum atomic E-state index is -0.238. The van der Waals surface area contributed by atoms with Gasteiger partial charge in [-0.05, 0) is 152 Å². The van der Waals surface area contributed by atoms with Gasteiger partial charge >= 0.3 is 0 Å². The molecule has 0 radical (unpaired) electrons. The Morgan fingerprint density at radius 2 is 1.21 bits per heavy atom. The maximum absolute atomic E-state index is 2.74. The monoisotopic (exact) mass is 739 g/mol. The summed E-state index contributed by atoms with van der Waals surface area (Å²) < 4.78 is 0. The van der Waals surface area contributed by atoms with E-state index in [1.54, 1.807) is 27.9 Å². The van der Waals surface area contributed by atoms with Crippen LogP contribution in [-0.4, -0.2) is 6.04 Å². The molecule has 0 fully saturated rings. The van der Waals surface area contributed by atoms with Crippen molar-refractivity contribution in [1.29, 1.82) is 0 Å². The lowest BCUT2D eigenvalue weighted by Gasteiger charge is -2.41. The highest BCUT2D eigenvalue weighted by atomic mass is 15.2. The Bertz CT molecular complexity index is 2630. The Morgan fingerprint density at radius 3 is 1.93 bits per heavy atom. The van der Waals surface area contributed by atoms with Crippen LogP contribution < -0.4 is 4.90 Å². The van der Waals surface area contributed by atoms with Crippen molar-refractivity contribution >= 4 is 16.8 Å². The van der Waals surface area contributed by atoms with Crippen molar-refractivity contribution in [2.24, 2.45) is 0 Å². The van der Waals surface area contributed by atoms with Crippen LogP contribution in [0, 0.1) is 0 Å². The fourth-order valence-corrected chi connectivity index (χ4v) is 11.8. The molecule has 7 aliphatic carbocycles. The Labute approximate surface area is 339 Å². The Morgan fingerprint density at radius 1 is 0.596 bits per heavy atom. The van der Waals surface area contributed by atoms with E-state index in [1.807, 2.05) is 0 Å². The van der Waals surface area contributed by atoms with E-state index in [2.05, 4.69) is 179 Å². The summed E-state index contributed by atoms with van der Waals surface area (Å²) in [4.78, 5) is 2.74. The summed E-state index contributed by atoms with van der Waals surface area (Å²) in [6.45, 7) is 11.8. The lowest BCUT2D eigenvalue weighted by molar-refractivity contribution is 0.576. The molecule has 2 unspecified atom stereocenters. The van der Waals surface area contributed by atoms with Crippen LogP contribution in [0.4, 0.5) is 5.69 Å². The Balaban J connectivity index is 1.05. The molecule has 0 amide bonds. The van der Waals surface area contributed by atoms with Crippen LogP contribution in [-0.2, 0) is 16.2 Å². The molecule has 2 atom stereocenters. The van der Waals surface area contributed by atoms with E-state index >= 15 is 0 Å². The topological polar surface area (TPSA) is 3.24 Å². The van der Waals surface area contributed by atoms with Crippen LogP contribution in [0.3, 0.4) is 0 Å². The molecule has 1 heteroatoms. The van der Waals surface area contributed by atoms with E-state index in [1.165, 1.54) is 67.0 Å². The molecule has 1 spiro atoms. The highest BCUT2D eigenvalue weighted by Gasteiger charge is 2.54. The van der Waals surface area contributed by atoms with Gasteiger partial charge in [0, 0.05) is 16.8 Å². The van der Waals surface area contributed by atoms with Gasteiger partial charge in [0.15, 0.2) is 0 Å². The summed E-state index contributed by atoms with van der Waals surface area (Å²) in [6.07, 6.45) is 25.2. The van der Waals surface area contributed by atoms with Gasteiger partial charge in [-0.3, -0.25) is 0 Å². The first-order valence-electron chi connectivity index (χ1n) is 21.5. The zero-order chi connectivity index (χ0) is 38.7. The van der Waals surface area contributed by atoms with Crippen molar-refractivity contribution < 1.29 is 0 Å². The van der Waals surface area contributed by atoms with E-state index in [0.29, 0.717) is 0 Å². The average Bonchev–Trinajstić information content (AvgIpc) is 3.79. The second-order valence-electron chi connectivity index (χ2n) is 18.9. The van der Waals surface area contributed by atoms with Crippen molar-refractivity contribution in [1.82, 2.24) is 0 Å². The quantitative estimate of drug-likeness (QED) is 0.201. The van der Waals surface area contributed by atoms with Gasteiger partial charge < -0.3 is 4.90 Å². The molecule has 0 saturated heterocycles. The van der Waals surface area contributed by atoms with Gasteiger partial charge in [-0.2, -0.15) is 0 Å². The Hall–Kier alpha value is -5.40. The second-order valence-corrected chi connectivity index (χ2v) is 18.9. The summed E-state index contributed by atoms with van der Waals surface area (Å²) in [5.74, 6) is 0. The number of rotatable bonds is 4. The van der Waals surface area contributed by atoms with E-state index in [-0.39, 0.29) is 22.3 Å². The van der Waals surface area contributed by atoms with Crippen molar-refractivity contribution in [3.05, 3.63) is 207 Å². The van der Waals surface area contributed by atoms with E-state index in [0.717, 1.165) is 44.9 Å². The van der Waals surface area contributed by atoms with Gasteiger partial charge in [-0.1, -0.05) is 156 Å². The maximum Gasteiger partial charge on any atom is 0.0716 e. The molecule has 7 aliphatic rings. The predicted molar refractivity (Wildman–Crippen MR) is 240 cm³/mol. The summed E-state index contributed by atoms with van der Waals surface area (Å²) in [5.41, 5.74) is 24.8. The summed E-state index contributed by atoms with van der Waals surface area (Å²) in [7, 11) is 0. The predicted octanol–water partition coefficient (Wildman–Crippen LogP) is 14.2. The molecular weight excluding hydrogens is 687 g/mol. The molecule has 0 aliphatic heterocycles. The number of hydrogen-bond acceptors (Lipinski definition) is 1. The first-order chi connectivity index (χ1) is 27.7. The first kappa shape index (κ1) is 34.8. The summed E-state index contributed by atoms with van der Waals surface area (Å²) >= 11 is 0. The standard InChI is InChI=1S/C56H53N/c1-54(2,3)38-26-22-36(23-27-38)37-24-28-39(29-25-37)57(40-30-32-46-42-14-6-10-18-48(42)55(4,5)52(46)34-40)41-31-33-47-45-17-9-13-21-51(45)56(53(47)35-41)49-19-11-7-15-43(49)44-16-8-12-20-50(44)56/h6-7,10-15,18-30,32,35,40H,8-9,16-17,31,33-34H2,1-5H3. The molecule has 57 heavy (non-hydrogen) atoms. The van der Waals surface area contributed by atoms with Crippen LogP contribution in [0.2, 0.25) is 0 Å². The third-order valence-electron chi connectivity index (χ3n) is 14.6. The smallest absolute Gasteiger partial charge is 0.0716 e. The zero-order valence-corrected chi connectivity index (χ0v) is 34.3. The number of fused-ring (bicyclic) bond motifs is 9. The molecule has 0 saturated carbocycles. The fourth-order valence-electron chi connectivity index (χ4n) is 11.8. The van der Waals surface area contributed by atoms with Gasteiger partial charge in [-0.15, -0.1) is 0 Å². The largest absolute Gasteiger partial charge is 0.338 e. The number of anilines is 1. The highest BCUT2D eigenvalue weighted by Crippen LogP contribution is 2.65.